The summed E-state index contributed by atoms with van der Waals surface area (Å²) in [6, 6.07) is 66.2. The molecule has 0 aliphatic heterocycles. The minimum absolute atomic E-state index is 0.102. The summed E-state index contributed by atoms with van der Waals surface area (Å²) >= 11 is 0. The molecular formula is C56H40N4. The lowest BCUT2D eigenvalue weighted by molar-refractivity contribution is 0.590. The van der Waals surface area contributed by atoms with Crippen LogP contribution >= 0.6 is 0 Å². The van der Waals surface area contributed by atoms with Gasteiger partial charge in [-0.25, -0.2) is 4.98 Å². The number of fused-ring (bicyclic) bond motifs is 12. The summed E-state index contributed by atoms with van der Waals surface area (Å²) < 4.78 is 4.79. The molecule has 0 bridgehead atoms. The fraction of sp³-hybridized carbons (Fsp3) is 0.0714. The predicted molar refractivity (Wildman–Crippen MR) is 253 cm³/mol. The van der Waals surface area contributed by atoms with E-state index in [-0.39, 0.29) is 5.41 Å². The Morgan fingerprint density at radius 3 is 1.45 bits per heavy atom. The molecule has 12 rings (SSSR count). The second kappa shape index (κ2) is 13.0. The van der Waals surface area contributed by atoms with Gasteiger partial charge >= 0.3 is 0 Å². The van der Waals surface area contributed by atoms with Gasteiger partial charge in [0, 0.05) is 49.3 Å². The topological polar surface area (TPSA) is 35.6 Å². The Labute approximate surface area is 347 Å². The van der Waals surface area contributed by atoms with Crippen LogP contribution in [0.4, 0.5) is 0 Å². The average Bonchev–Trinajstić information content (AvgIpc) is 3.81. The number of nitrogens with zero attached hydrogens (tertiary/aromatic N) is 4. The van der Waals surface area contributed by atoms with E-state index in [9.17, 15) is 0 Å². The van der Waals surface area contributed by atoms with E-state index in [1.54, 1.807) is 0 Å². The number of benzene rings is 9. The normalized spacial score (nSPS) is 12.2. The first-order valence-corrected chi connectivity index (χ1v) is 20.7. The van der Waals surface area contributed by atoms with Crippen molar-refractivity contribution in [3.63, 3.8) is 0 Å². The molecule has 0 saturated carbocycles. The van der Waals surface area contributed by atoms with E-state index in [0.717, 1.165) is 44.3 Å². The molecule has 4 heteroatoms. The largest absolute Gasteiger partial charge is 0.309 e. The Bertz CT molecular complexity index is 3660. The van der Waals surface area contributed by atoms with Crippen molar-refractivity contribution in [1.29, 1.82) is 0 Å². The Morgan fingerprint density at radius 2 is 0.867 bits per heavy atom. The number of hydrogen-bond acceptors (Lipinski definition) is 2. The van der Waals surface area contributed by atoms with Crippen molar-refractivity contribution in [2.45, 2.75) is 26.2 Å². The van der Waals surface area contributed by atoms with Crippen LogP contribution in [0.3, 0.4) is 0 Å². The van der Waals surface area contributed by atoms with Crippen LogP contribution in [0, 0.1) is 0 Å². The smallest absolute Gasteiger partial charge is 0.0979 e. The van der Waals surface area contributed by atoms with Gasteiger partial charge in [-0.2, -0.15) is 0 Å². The maximum Gasteiger partial charge on any atom is 0.0979 e. The summed E-state index contributed by atoms with van der Waals surface area (Å²) in [6.07, 6.45) is 1.93. The van der Waals surface area contributed by atoms with Crippen LogP contribution in [0.25, 0.3) is 110 Å². The van der Waals surface area contributed by atoms with E-state index in [0.29, 0.717) is 0 Å². The zero-order valence-corrected chi connectivity index (χ0v) is 33.7. The van der Waals surface area contributed by atoms with E-state index < -0.39 is 0 Å². The van der Waals surface area contributed by atoms with E-state index in [1.165, 1.54) is 71.2 Å². The highest BCUT2D eigenvalue weighted by Gasteiger charge is 2.19. The molecule has 60 heavy (non-hydrogen) atoms. The highest BCUT2D eigenvalue weighted by molar-refractivity contribution is 6.23. The van der Waals surface area contributed by atoms with Gasteiger partial charge in [-0.3, -0.25) is 4.98 Å². The molecule has 284 valence electrons. The molecule has 0 fully saturated rings. The first kappa shape index (κ1) is 34.5. The van der Waals surface area contributed by atoms with Crippen molar-refractivity contribution in [3.8, 4) is 33.8 Å². The molecular weight excluding hydrogens is 729 g/mol. The molecule has 0 spiro atoms. The van der Waals surface area contributed by atoms with Crippen LogP contribution in [0.1, 0.15) is 26.3 Å². The van der Waals surface area contributed by atoms with Gasteiger partial charge in [0.05, 0.1) is 45.0 Å². The lowest BCUT2D eigenvalue weighted by atomic mass is 9.87. The second-order valence-electron chi connectivity index (χ2n) is 17.1. The molecule has 0 amide bonds. The van der Waals surface area contributed by atoms with Gasteiger partial charge < -0.3 is 9.13 Å². The van der Waals surface area contributed by atoms with E-state index >= 15 is 0 Å². The number of rotatable bonds is 4. The molecule has 9 aromatic carbocycles. The molecule has 0 unspecified atom stereocenters. The van der Waals surface area contributed by atoms with Crippen molar-refractivity contribution in [2.24, 2.45) is 0 Å². The first-order valence-electron chi connectivity index (χ1n) is 20.7. The van der Waals surface area contributed by atoms with Gasteiger partial charge in [0.15, 0.2) is 0 Å². The van der Waals surface area contributed by atoms with Gasteiger partial charge in [0.1, 0.15) is 0 Å². The van der Waals surface area contributed by atoms with E-state index in [2.05, 4.69) is 212 Å². The maximum atomic E-state index is 5.31. The van der Waals surface area contributed by atoms with Crippen molar-refractivity contribution in [2.75, 3.05) is 0 Å². The Kier molecular flexibility index (Phi) is 7.45. The zero-order valence-electron chi connectivity index (χ0n) is 33.7. The fourth-order valence-electron chi connectivity index (χ4n) is 9.54. The monoisotopic (exact) mass is 768 g/mol. The molecule has 0 aliphatic carbocycles. The van der Waals surface area contributed by atoms with E-state index in [1.807, 2.05) is 6.20 Å². The molecule has 3 aromatic heterocycles. The minimum Gasteiger partial charge on any atom is -0.309 e. The third kappa shape index (κ3) is 5.24. The molecule has 0 N–H and O–H groups in total. The summed E-state index contributed by atoms with van der Waals surface area (Å²) in [5.41, 5.74) is 14.6. The zero-order chi connectivity index (χ0) is 40.1. The van der Waals surface area contributed by atoms with Crippen molar-refractivity contribution in [1.82, 2.24) is 19.1 Å². The van der Waals surface area contributed by atoms with Crippen LogP contribution in [0.15, 0.2) is 188 Å². The third-order valence-electron chi connectivity index (χ3n) is 12.5. The second-order valence-corrected chi connectivity index (χ2v) is 17.1. The summed E-state index contributed by atoms with van der Waals surface area (Å²) in [5.74, 6) is 0. The van der Waals surface area contributed by atoms with Crippen LogP contribution in [-0.4, -0.2) is 19.1 Å². The Balaban J connectivity index is 0.976. The summed E-state index contributed by atoms with van der Waals surface area (Å²) in [5, 5.41) is 9.58. The number of hydrogen-bond donors (Lipinski definition) is 0. The molecule has 4 nitrogen and oxygen atoms in total. The molecule has 0 aliphatic rings. The van der Waals surface area contributed by atoms with Gasteiger partial charge in [-0.15, -0.1) is 0 Å². The predicted octanol–water partition coefficient (Wildman–Crippen LogP) is 14.8. The molecule has 3 heterocycles. The van der Waals surface area contributed by atoms with Gasteiger partial charge in [0.2, 0.25) is 0 Å². The fourth-order valence-corrected chi connectivity index (χ4v) is 9.54. The average molecular weight is 769 g/mol. The Hall–Kier alpha value is -7.56. The molecule has 0 saturated heterocycles. The quantitative estimate of drug-likeness (QED) is 0.167. The molecule has 0 atom stereocenters. The first-order chi connectivity index (χ1) is 29.4. The SMILES string of the molecule is CC(C)(C)c1ccc(-n2c3ccccc3c3cc(-c4ccc5c(c4)c4ccccc4n5-c4cccc(-c5cnc6c7ccccc7c7ccccc7c6n5)c4)ccc32)cc1. The third-order valence-corrected chi connectivity index (χ3v) is 12.5. The van der Waals surface area contributed by atoms with Gasteiger partial charge in [-0.1, -0.05) is 142 Å². The van der Waals surface area contributed by atoms with Crippen LogP contribution in [0.5, 0.6) is 0 Å². The highest BCUT2D eigenvalue weighted by atomic mass is 15.0. The number of para-hydroxylation sites is 2. The lowest BCUT2D eigenvalue weighted by Crippen LogP contribution is -2.10. The highest BCUT2D eigenvalue weighted by Crippen LogP contribution is 2.40. The minimum atomic E-state index is 0.102. The van der Waals surface area contributed by atoms with Crippen LogP contribution < -0.4 is 0 Å². The maximum absolute atomic E-state index is 5.31. The Morgan fingerprint density at radius 1 is 0.367 bits per heavy atom. The summed E-state index contributed by atoms with van der Waals surface area (Å²) in [6.45, 7) is 6.80. The number of aromatic nitrogens is 4. The van der Waals surface area contributed by atoms with Crippen LogP contribution in [-0.2, 0) is 5.41 Å². The van der Waals surface area contributed by atoms with Gasteiger partial charge in [-0.05, 0) is 93.5 Å². The molecule has 0 radical (unpaired) electrons. The van der Waals surface area contributed by atoms with Crippen molar-refractivity contribution in [3.05, 3.63) is 194 Å². The summed E-state index contributed by atoms with van der Waals surface area (Å²) in [7, 11) is 0. The van der Waals surface area contributed by atoms with Crippen molar-refractivity contribution >= 4 is 76.2 Å². The standard InChI is InChI=1S/C56H40N4/c1-56(2,3)38-25-27-39(28-26-38)59-50-21-10-8-17-43(50)47-32-35(23-29-52(47)59)36-24-30-53-48(33-36)44-18-9-11-22-51(44)60(53)40-14-12-13-37(31-40)49-34-57-54-45-19-6-4-15-41(45)42-16-5-7-20-46(42)55(54)58-49/h4-34H,1-3H3. The van der Waals surface area contributed by atoms with Crippen molar-refractivity contribution < 1.29 is 0 Å². The molecule has 12 aromatic rings. The van der Waals surface area contributed by atoms with Crippen LogP contribution in [0.2, 0.25) is 0 Å². The van der Waals surface area contributed by atoms with E-state index in [4.69, 9.17) is 9.97 Å². The lowest BCUT2D eigenvalue weighted by Gasteiger charge is -2.19. The summed E-state index contributed by atoms with van der Waals surface area (Å²) in [4.78, 5) is 10.4. The van der Waals surface area contributed by atoms with Gasteiger partial charge in [0.25, 0.3) is 0 Å².